The summed E-state index contributed by atoms with van der Waals surface area (Å²) in [5.74, 6) is 2.10. The van der Waals surface area contributed by atoms with Crippen molar-refractivity contribution in [2.75, 3.05) is 46.6 Å². The monoisotopic (exact) mass is 494 g/mol. The van der Waals surface area contributed by atoms with Gasteiger partial charge in [0.25, 0.3) is 0 Å². The van der Waals surface area contributed by atoms with Gasteiger partial charge in [-0.1, -0.05) is 6.58 Å². The molecule has 164 valence electrons. The van der Waals surface area contributed by atoms with Crippen molar-refractivity contribution in [3.05, 3.63) is 47.7 Å². The lowest BCUT2D eigenvalue weighted by atomic mass is 10.1. The topological polar surface area (TPSA) is 99.2 Å². The Kier molecular flexibility index (Phi) is 5.60. The van der Waals surface area contributed by atoms with E-state index in [4.69, 9.17) is 0 Å². The lowest BCUT2D eigenvalue weighted by Gasteiger charge is -2.33. The van der Waals surface area contributed by atoms with Crippen molar-refractivity contribution in [3.63, 3.8) is 0 Å². The van der Waals surface area contributed by atoms with Crippen LogP contribution >= 0.6 is 15.9 Å². The number of carbonyl (C=O) groups excluding carboxylic acids is 1. The SMILES string of the molecule is C=CC(=O)Nc1ccc2c(N3CCC(Nc4ncc(Br)cn4)C3)nnc(N3CCC3)c2c1. The van der Waals surface area contributed by atoms with Crippen LogP contribution in [0.4, 0.5) is 23.3 Å². The molecular weight excluding hydrogens is 472 g/mol. The molecule has 0 radical (unpaired) electrons. The first-order valence-electron chi connectivity index (χ1n) is 10.6. The van der Waals surface area contributed by atoms with Gasteiger partial charge in [-0.3, -0.25) is 4.79 Å². The summed E-state index contributed by atoms with van der Waals surface area (Å²) in [5, 5.41) is 17.5. The summed E-state index contributed by atoms with van der Waals surface area (Å²) >= 11 is 3.36. The van der Waals surface area contributed by atoms with Gasteiger partial charge in [0.15, 0.2) is 11.6 Å². The van der Waals surface area contributed by atoms with Gasteiger partial charge in [0.05, 0.1) is 4.47 Å². The molecule has 2 saturated heterocycles. The number of hydrogen-bond acceptors (Lipinski definition) is 8. The highest BCUT2D eigenvalue weighted by molar-refractivity contribution is 9.10. The van der Waals surface area contributed by atoms with E-state index in [0.29, 0.717) is 5.95 Å². The standard InChI is InChI=1S/C22H23BrN8O/c1-2-19(32)26-15-4-5-17-18(10-15)21(30-7-3-8-30)29-28-20(17)31-9-6-16(13-31)27-22-24-11-14(23)12-25-22/h2,4-5,10-12,16H,1,3,6-9,13H2,(H,26,32)(H,24,25,27). The second-order valence-electron chi connectivity index (χ2n) is 7.94. The summed E-state index contributed by atoms with van der Waals surface area (Å²) in [5.41, 5.74) is 0.719. The lowest BCUT2D eigenvalue weighted by molar-refractivity contribution is -0.111. The van der Waals surface area contributed by atoms with Crippen molar-refractivity contribution in [3.8, 4) is 0 Å². The molecule has 32 heavy (non-hydrogen) atoms. The molecule has 5 rings (SSSR count). The van der Waals surface area contributed by atoms with E-state index in [1.54, 1.807) is 12.4 Å². The zero-order valence-corrected chi connectivity index (χ0v) is 19.0. The molecule has 0 aliphatic carbocycles. The van der Waals surface area contributed by atoms with Crippen LogP contribution in [0.25, 0.3) is 10.8 Å². The fourth-order valence-electron chi connectivity index (χ4n) is 4.03. The molecule has 3 aromatic rings. The Hall–Kier alpha value is -3.27. The minimum atomic E-state index is -0.235. The van der Waals surface area contributed by atoms with E-state index < -0.39 is 0 Å². The van der Waals surface area contributed by atoms with E-state index in [9.17, 15) is 4.79 Å². The van der Waals surface area contributed by atoms with Gasteiger partial charge in [-0.15, -0.1) is 10.2 Å². The van der Waals surface area contributed by atoms with E-state index >= 15 is 0 Å². The fourth-order valence-corrected chi connectivity index (χ4v) is 4.24. The van der Waals surface area contributed by atoms with Crippen molar-refractivity contribution >= 4 is 55.9 Å². The number of aromatic nitrogens is 4. The smallest absolute Gasteiger partial charge is 0.247 e. The highest BCUT2D eigenvalue weighted by atomic mass is 79.9. The summed E-state index contributed by atoms with van der Waals surface area (Å²) in [6, 6.07) is 6.11. The highest BCUT2D eigenvalue weighted by Crippen LogP contribution is 2.35. The predicted molar refractivity (Wildman–Crippen MR) is 129 cm³/mol. The second kappa shape index (κ2) is 8.70. The largest absolute Gasteiger partial charge is 0.354 e. The summed E-state index contributed by atoms with van der Waals surface area (Å²) in [4.78, 5) is 24.9. The van der Waals surface area contributed by atoms with E-state index in [1.807, 2.05) is 18.2 Å². The molecule has 2 fully saturated rings. The molecule has 2 aliphatic heterocycles. The van der Waals surface area contributed by atoms with Crippen LogP contribution in [-0.2, 0) is 4.79 Å². The van der Waals surface area contributed by atoms with Crippen LogP contribution in [0, 0.1) is 0 Å². The molecule has 0 spiro atoms. The zero-order valence-electron chi connectivity index (χ0n) is 17.5. The normalized spacial score (nSPS) is 17.8. The molecule has 1 amide bonds. The van der Waals surface area contributed by atoms with Crippen molar-refractivity contribution in [1.82, 2.24) is 20.2 Å². The number of hydrogen-bond donors (Lipinski definition) is 2. The first kappa shape index (κ1) is 20.6. The molecule has 2 aliphatic rings. The Bertz CT molecular complexity index is 1160. The van der Waals surface area contributed by atoms with Crippen LogP contribution in [0.1, 0.15) is 12.8 Å². The molecule has 2 N–H and O–H groups in total. The number of halogens is 1. The molecule has 0 bridgehead atoms. The molecule has 9 nitrogen and oxygen atoms in total. The molecule has 10 heteroatoms. The average molecular weight is 495 g/mol. The summed E-state index contributed by atoms with van der Waals surface area (Å²) in [6.45, 7) is 7.10. The van der Waals surface area contributed by atoms with Gasteiger partial charge >= 0.3 is 0 Å². The number of carbonyl (C=O) groups is 1. The highest BCUT2D eigenvalue weighted by Gasteiger charge is 2.28. The molecule has 2 aromatic heterocycles. The summed E-state index contributed by atoms with van der Waals surface area (Å²) < 4.78 is 0.851. The number of amides is 1. The fraction of sp³-hybridized carbons (Fsp3) is 0.318. The summed E-state index contributed by atoms with van der Waals surface area (Å²) in [6.07, 6.45) is 6.83. The molecule has 0 saturated carbocycles. The van der Waals surface area contributed by atoms with E-state index in [2.05, 4.69) is 63.1 Å². The van der Waals surface area contributed by atoms with Crippen molar-refractivity contribution in [2.45, 2.75) is 18.9 Å². The Balaban J connectivity index is 1.42. The Morgan fingerprint density at radius 3 is 2.53 bits per heavy atom. The predicted octanol–water partition coefficient (Wildman–Crippen LogP) is 3.21. The van der Waals surface area contributed by atoms with Gasteiger partial charge in [-0.2, -0.15) is 0 Å². The number of benzene rings is 1. The first-order chi connectivity index (χ1) is 15.6. The third-order valence-electron chi connectivity index (χ3n) is 5.79. The maximum Gasteiger partial charge on any atom is 0.247 e. The van der Waals surface area contributed by atoms with Gasteiger partial charge in [-0.05, 0) is 53.0 Å². The Morgan fingerprint density at radius 2 is 1.84 bits per heavy atom. The minimum absolute atomic E-state index is 0.217. The van der Waals surface area contributed by atoms with Crippen molar-refractivity contribution in [1.29, 1.82) is 0 Å². The molecule has 1 unspecified atom stereocenters. The number of rotatable bonds is 6. The van der Waals surface area contributed by atoms with Crippen LogP contribution in [0.15, 0.2) is 47.7 Å². The van der Waals surface area contributed by atoms with Crippen LogP contribution < -0.4 is 20.4 Å². The van der Waals surface area contributed by atoms with Gasteiger partial charge in [-0.25, -0.2) is 9.97 Å². The number of nitrogens with one attached hydrogen (secondary N) is 2. The van der Waals surface area contributed by atoms with Crippen LogP contribution in [0.5, 0.6) is 0 Å². The minimum Gasteiger partial charge on any atom is -0.354 e. The van der Waals surface area contributed by atoms with Crippen LogP contribution in [-0.4, -0.2) is 58.3 Å². The third kappa shape index (κ3) is 4.10. The number of anilines is 4. The molecule has 1 atom stereocenters. The summed E-state index contributed by atoms with van der Waals surface area (Å²) in [7, 11) is 0. The maximum atomic E-state index is 11.8. The van der Waals surface area contributed by atoms with Gasteiger partial charge < -0.3 is 20.4 Å². The lowest BCUT2D eigenvalue weighted by Crippen LogP contribution is -2.38. The molecular formula is C22H23BrN8O. The third-order valence-corrected chi connectivity index (χ3v) is 6.20. The quantitative estimate of drug-likeness (QED) is 0.504. The molecule has 1 aromatic carbocycles. The van der Waals surface area contributed by atoms with Gasteiger partial charge in [0, 0.05) is 61.1 Å². The Labute approximate surface area is 194 Å². The second-order valence-corrected chi connectivity index (χ2v) is 8.86. The average Bonchev–Trinajstić information content (AvgIpc) is 3.22. The number of fused-ring (bicyclic) bond motifs is 1. The van der Waals surface area contributed by atoms with Crippen molar-refractivity contribution < 1.29 is 4.79 Å². The number of nitrogens with zero attached hydrogens (tertiary/aromatic N) is 6. The van der Waals surface area contributed by atoms with Gasteiger partial charge in [0.2, 0.25) is 11.9 Å². The van der Waals surface area contributed by atoms with E-state index in [-0.39, 0.29) is 11.9 Å². The first-order valence-corrected chi connectivity index (χ1v) is 11.4. The van der Waals surface area contributed by atoms with Gasteiger partial charge in [0.1, 0.15) is 0 Å². The van der Waals surface area contributed by atoms with Crippen LogP contribution in [0.3, 0.4) is 0 Å². The van der Waals surface area contributed by atoms with E-state index in [0.717, 1.165) is 71.6 Å². The molecule has 4 heterocycles. The zero-order chi connectivity index (χ0) is 22.1. The Morgan fingerprint density at radius 1 is 1.09 bits per heavy atom. The van der Waals surface area contributed by atoms with Crippen molar-refractivity contribution in [2.24, 2.45) is 0 Å². The van der Waals surface area contributed by atoms with E-state index in [1.165, 1.54) is 6.08 Å². The van der Waals surface area contributed by atoms with Crippen LogP contribution in [0.2, 0.25) is 0 Å². The maximum absolute atomic E-state index is 11.8.